The maximum absolute atomic E-state index is 12.5. The van der Waals surface area contributed by atoms with Crippen LogP contribution in [0.15, 0.2) is 36.4 Å². The average Bonchev–Trinajstić information content (AvgIpc) is 2.80. The molecule has 0 heterocycles. The van der Waals surface area contributed by atoms with E-state index in [9.17, 15) is 27.7 Å². The second-order valence-electron chi connectivity index (χ2n) is 8.85. The van der Waals surface area contributed by atoms with Crippen LogP contribution in [-0.4, -0.2) is 60.6 Å². The molecule has 2 unspecified atom stereocenters. The lowest BCUT2D eigenvalue weighted by Gasteiger charge is -2.28. The SMILES string of the molecule is CC(C)(c1ccc(O)c(C[S+]([O-])CCCSOOO)c1)c1ccc(O)c(C[S+]([O-])CCCS(=O)(=O)O)c1. The molecule has 0 amide bonds. The van der Waals surface area contributed by atoms with Gasteiger partial charge in [-0.1, -0.05) is 31.0 Å². The Morgan fingerprint density at radius 2 is 1.41 bits per heavy atom. The van der Waals surface area contributed by atoms with Gasteiger partial charge in [0.2, 0.25) is 0 Å². The molecule has 0 aliphatic carbocycles. The lowest BCUT2D eigenvalue weighted by atomic mass is 9.77. The second-order valence-corrected chi connectivity index (χ2v) is 14.4. The van der Waals surface area contributed by atoms with Gasteiger partial charge < -0.3 is 19.3 Å². The number of rotatable bonds is 16. The van der Waals surface area contributed by atoms with Gasteiger partial charge in [0.25, 0.3) is 10.1 Å². The van der Waals surface area contributed by atoms with Crippen molar-refractivity contribution in [3.63, 3.8) is 0 Å². The fourth-order valence-electron chi connectivity index (χ4n) is 3.57. The molecule has 0 saturated carbocycles. The fraction of sp³-hybridized carbons (Fsp3) is 0.478. The molecular formula is C23H32O10S4. The topological polar surface area (TPSA) is 180 Å². The van der Waals surface area contributed by atoms with Crippen LogP contribution in [0.1, 0.15) is 48.9 Å². The van der Waals surface area contributed by atoms with Crippen molar-refractivity contribution >= 4 is 44.5 Å². The Kier molecular flexibility index (Phi) is 12.8. The van der Waals surface area contributed by atoms with Crippen molar-refractivity contribution < 1.29 is 46.9 Å². The van der Waals surface area contributed by atoms with Gasteiger partial charge in [0.05, 0.1) is 5.75 Å². The van der Waals surface area contributed by atoms with Crippen molar-refractivity contribution in [2.45, 2.75) is 43.6 Å². The molecule has 208 valence electrons. The Labute approximate surface area is 227 Å². The first-order valence-electron chi connectivity index (χ1n) is 11.2. The molecular weight excluding hydrogens is 565 g/mol. The summed E-state index contributed by atoms with van der Waals surface area (Å²) in [6.07, 6.45) is 0.596. The predicted octanol–water partition coefficient (Wildman–Crippen LogP) is 3.66. The summed E-state index contributed by atoms with van der Waals surface area (Å²) in [5, 5.41) is 32.3. The van der Waals surface area contributed by atoms with Crippen molar-refractivity contribution in [2.24, 2.45) is 0 Å². The molecule has 0 aliphatic rings. The van der Waals surface area contributed by atoms with Gasteiger partial charge in [0, 0.05) is 47.2 Å². The Bertz CT molecular complexity index is 1110. The van der Waals surface area contributed by atoms with E-state index >= 15 is 0 Å². The zero-order valence-electron chi connectivity index (χ0n) is 20.5. The number of aromatic hydroxyl groups is 2. The van der Waals surface area contributed by atoms with E-state index in [4.69, 9.17) is 9.81 Å². The summed E-state index contributed by atoms with van der Waals surface area (Å²) >= 11 is -1.79. The van der Waals surface area contributed by atoms with E-state index in [0.717, 1.165) is 23.2 Å². The van der Waals surface area contributed by atoms with Crippen molar-refractivity contribution in [3.05, 3.63) is 58.7 Å². The van der Waals surface area contributed by atoms with Crippen LogP contribution in [0, 0.1) is 0 Å². The van der Waals surface area contributed by atoms with E-state index in [0.29, 0.717) is 29.1 Å². The number of phenolic OH excluding ortho intramolecular Hbond substituents is 2. The zero-order chi connectivity index (χ0) is 27.6. The fourth-order valence-corrected chi connectivity index (χ4v) is 7.20. The summed E-state index contributed by atoms with van der Waals surface area (Å²) in [6.45, 7) is 3.92. The van der Waals surface area contributed by atoms with Gasteiger partial charge >= 0.3 is 0 Å². The van der Waals surface area contributed by atoms with Gasteiger partial charge in [-0.05, 0) is 57.7 Å². The molecule has 0 saturated heterocycles. The molecule has 2 atom stereocenters. The molecule has 0 bridgehead atoms. The van der Waals surface area contributed by atoms with Crippen molar-refractivity contribution in [1.82, 2.24) is 0 Å². The summed E-state index contributed by atoms with van der Waals surface area (Å²) in [4.78, 5) is 0. The highest BCUT2D eigenvalue weighted by Crippen LogP contribution is 2.36. The highest BCUT2D eigenvalue weighted by molar-refractivity contribution is 7.94. The first-order chi connectivity index (χ1) is 17.3. The lowest BCUT2D eigenvalue weighted by Crippen LogP contribution is -2.20. The van der Waals surface area contributed by atoms with Crippen LogP contribution in [0.25, 0.3) is 0 Å². The van der Waals surface area contributed by atoms with Crippen LogP contribution in [-0.2, 0) is 58.8 Å². The summed E-state index contributed by atoms with van der Waals surface area (Å²) in [5.41, 5.74) is 2.05. The molecule has 37 heavy (non-hydrogen) atoms. The summed E-state index contributed by atoms with van der Waals surface area (Å²) in [6, 6.07) is 10.1. The van der Waals surface area contributed by atoms with Gasteiger partial charge in [-0.25, -0.2) is 5.26 Å². The highest BCUT2D eigenvalue weighted by atomic mass is 32.2. The van der Waals surface area contributed by atoms with Crippen LogP contribution >= 0.6 is 12.0 Å². The Balaban J connectivity index is 2.13. The molecule has 10 nitrogen and oxygen atoms in total. The molecule has 0 spiro atoms. The number of benzene rings is 2. The highest BCUT2D eigenvalue weighted by Gasteiger charge is 2.26. The minimum Gasteiger partial charge on any atom is -0.616 e. The molecule has 4 N–H and O–H groups in total. The summed E-state index contributed by atoms with van der Waals surface area (Å²) < 4.78 is 59.8. The zero-order valence-corrected chi connectivity index (χ0v) is 23.8. The third kappa shape index (κ3) is 10.8. The van der Waals surface area contributed by atoms with Gasteiger partial charge in [-0.2, -0.15) is 8.42 Å². The first kappa shape index (κ1) is 32.0. The van der Waals surface area contributed by atoms with Crippen molar-refractivity contribution in [1.29, 1.82) is 0 Å². The molecule has 2 aromatic rings. The van der Waals surface area contributed by atoms with E-state index in [1.807, 2.05) is 13.8 Å². The molecule has 0 fully saturated rings. The maximum Gasteiger partial charge on any atom is 0.265 e. The molecule has 0 aromatic heterocycles. The summed E-state index contributed by atoms with van der Waals surface area (Å²) in [5.74, 6) is 0.613. The third-order valence-corrected chi connectivity index (χ3v) is 9.86. The quantitative estimate of drug-likeness (QED) is 0.0555. The standard InChI is InChI=1S/C23H32O10S4/c1-23(2,19-5-7-21(24)17(13-19)15-35(27)10-3-9-34-33-32-26)20-6-8-22(25)18(14-20)16-36(28)11-4-12-37(29,30)31/h5-8,13-14,24-26H,3-4,9-12,15-16H2,1-2H3,(H,29,30,31). The van der Waals surface area contributed by atoms with E-state index in [-0.39, 0.29) is 35.2 Å². The number of hydrogen-bond acceptors (Lipinski definition) is 10. The Morgan fingerprint density at radius 1 is 0.919 bits per heavy atom. The largest absolute Gasteiger partial charge is 0.616 e. The lowest BCUT2D eigenvalue weighted by molar-refractivity contribution is -0.432. The monoisotopic (exact) mass is 596 g/mol. The molecule has 0 radical (unpaired) electrons. The predicted molar refractivity (Wildman–Crippen MR) is 145 cm³/mol. The molecule has 2 rings (SSSR count). The van der Waals surface area contributed by atoms with Gasteiger partial charge in [0.15, 0.2) is 0 Å². The molecule has 0 aliphatic heterocycles. The van der Waals surface area contributed by atoms with E-state index in [2.05, 4.69) is 9.37 Å². The normalized spacial score (nSPS) is 14.0. The van der Waals surface area contributed by atoms with Gasteiger partial charge in [-0.15, -0.1) is 4.33 Å². The van der Waals surface area contributed by atoms with E-state index in [1.54, 1.807) is 30.3 Å². The van der Waals surface area contributed by atoms with Crippen LogP contribution < -0.4 is 0 Å². The van der Waals surface area contributed by atoms with Crippen LogP contribution in [0.2, 0.25) is 0 Å². The minimum absolute atomic E-state index is 0.0226. The first-order valence-corrected chi connectivity index (χ1v) is 16.7. The minimum atomic E-state index is -4.12. The second kappa shape index (κ2) is 14.8. The summed E-state index contributed by atoms with van der Waals surface area (Å²) in [7, 11) is -4.12. The average molecular weight is 597 g/mol. The Hall–Kier alpha value is -1.20. The van der Waals surface area contributed by atoms with Crippen LogP contribution in [0.4, 0.5) is 0 Å². The van der Waals surface area contributed by atoms with E-state index in [1.165, 1.54) is 6.07 Å². The van der Waals surface area contributed by atoms with E-state index < -0.39 is 43.6 Å². The van der Waals surface area contributed by atoms with Gasteiger partial charge in [0.1, 0.15) is 34.5 Å². The van der Waals surface area contributed by atoms with Crippen molar-refractivity contribution in [2.75, 3.05) is 23.0 Å². The number of phenols is 2. The number of hydrogen-bond donors (Lipinski definition) is 4. The molecule has 2 aromatic carbocycles. The van der Waals surface area contributed by atoms with Crippen LogP contribution in [0.5, 0.6) is 11.5 Å². The Morgan fingerprint density at radius 3 is 1.86 bits per heavy atom. The third-order valence-electron chi connectivity index (χ3n) is 5.69. The molecule has 14 heteroatoms. The maximum atomic E-state index is 12.5. The van der Waals surface area contributed by atoms with Crippen molar-refractivity contribution in [3.8, 4) is 11.5 Å². The smallest absolute Gasteiger partial charge is 0.265 e. The van der Waals surface area contributed by atoms with Gasteiger partial charge in [-0.3, -0.25) is 4.55 Å². The van der Waals surface area contributed by atoms with Crippen LogP contribution in [0.3, 0.4) is 0 Å².